The molecule has 0 spiro atoms. The monoisotopic (exact) mass is 259 g/mol. The summed E-state index contributed by atoms with van der Waals surface area (Å²) in [5, 5.41) is 0. The maximum atomic E-state index is 12.8. The van der Waals surface area contributed by atoms with Gasteiger partial charge in [-0.3, -0.25) is 4.79 Å². The summed E-state index contributed by atoms with van der Waals surface area (Å²) >= 11 is 0. The van der Waals surface area contributed by atoms with Crippen LogP contribution >= 0.6 is 0 Å². The van der Waals surface area contributed by atoms with Crippen LogP contribution in [-0.4, -0.2) is 23.9 Å². The van der Waals surface area contributed by atoms with Crippen LogP contribution in [-0.2, 0) is 0 Å². The highest BCUT2D eigenvalue weighted by Crippen LogP contribution is 2.25. The zero-order valence-electron chi connectivity index (χ0n) is 12.8. The van der Waals surface area contributed by atoms with E-state index in [1.54, 1.807) is 0 Å². The van der Waals surface area contributed by atoms with Crippen molar-refractivity contribution in [2.45, 2.75) is 41.0 Å². The average molecular weight is 259 g/mol. The summed E-state index contributed by atoms with van der Waals surface area (Å²) < 4.78 is 0. The first kappa shape index (κ1) is 14.1. The topological polar surface area (TPSA) is 20.3 Å². The van der Waals surface area contributed by atoms with Crippen molar-refractivity contribution < 1.29 is 4.79 Å². The molecule has 0 aliphatic carbocycles. The highest BCUT2D eigenvalue weighted by atomic mass is 16.2. The minimum absolute atomic E-state index is 0.216. The Morgan fingerprint density at radius 1 is 1.05 bits per heavy atom. The molecule has 1 fully saturated rings. The molecule has 104 valence electrons. The number of carbonyl (C=O) groups is 1. The van der Waals surface area contributed by atoms with E-state index in [4.69, 9.17) is 0 Å². The van der Waals surface area contributed by atoms with Crippen LogP contribution in [0.3, 0.4) is 0 Å². The minimum Gasteiger partial charge on any atom is -0.338 e. The Morgan fingerprint density at radius 3 is 2.00 bits per heavy atom. The molecule has 2 atom stereocenters. The zero-order chi connectivity index (χ0) is 14.2. The molecule has 1 saturated heterocycles. The van der Waals surface area contributed by atoms with Gasteiger partial charge in [-0.05, 0) is 50.2 Å². The molecular formula is C17H25NO. The summed E-state index contributed by atoms with van der Waals surface area (Å²) in [6.45, 7) is 12.5. The number of likely N-dealkylation sites (tertiary alicyclic amines) is 1. The van der Waals surface area contributed by atoms with Crippen LogP contribution in [0.25, 0.3) is 0 Å². The third kappa shape index (κ3) is 2.99. The summed E-state index contributed by atoms with van der Waals surface area (Å²) in [6.07, 6.45) is 1.23. The van der Waals surface area contributed by atoms with Crippen LogP contribution in [0.15, 0.2) is 12.1 Å². The van der Waals surface area contributed by atoms with Gasteiger partial charge in [0.2, 0.25) is 0 Å². The third-order valence-electron chi connectivity index (χ3n) is 4.05. The van der Waals surface area contributed by atoms with Crippen molar-refractivity contribution >= 4 is 5.91 Å². The van der Waals surface area contributed by atoms with E-state index in [2.05, 4.69) is 32.9 Å². The summed E-state index contributed by atoms with van der Waals surface area (Å²) in [5.74, 6) is 1.44. The van der Waals surface area contributed by atoms with Crippen LogP contribution in [0.1, 0.15) is 47.3 Å². The molecule has 0 bridgehead atoms. The molecule has 0 saturated carbocycles. The second kappa shape index (κ2) is 5.36. The first-order chi connectivity index (χ1) is 8.88. The SMILES string of the molecule is Cc1cc(C)c(C(=O)N2CC(C)CC(C)C2)c(C)c1. The Bertz CT molecular complexity index is 459. The lowest BCUT2D eigenvalue weighted by atomic mass is 9.90. The number of piperidine rings is 1. The Kier molecular flexibility index (Phi) is 3.98. The minimum atomic E-state index is 0.216. The molecule has 1 aliphatic heterocycles. The summed E-state index contributed by atoms with van der Waals surface area (Å²) in [6, 6.07) is 4.22. The van der Waals surface area contributed by atoms with Gasteiger partial charge in [-0.1, -0.05) is 31.5 Å². The third-order valence-corrected chi connectivity index (χ3v) is 4.05. The number of carbonyl (C=O) groups excluding carboxylic acids is 1. The van der Waals surface area contributed by atoms with Gasteiger partial charge in [0.15, 0.2) is 0 Å². The van der Waals surface area contributed by atoms with Gasteiger partial charge in [-0.2, -0.15) is 0 Å². The van der Waals surface area contributed by atoms with Crippen molar-refractivity contribution in [1.82, 2.24) is 4.90 Å². The Hall–Kier alpha value is -1.31. The van der Waals surface area contributed by atoms with E-state index in [1.165, 1.54) is 12.0 Å². The molecule has 19 heavy (non-hydrogen) atoms. The smallest absolute Gasteiger partial charge is 0.254 e. The van der Waals surface area contributed by atoms with Crippen molar-refractivity contribution in [1.29, 1.82) is 0 Å². The lowest BCUT2D eigenvalue weighted by Crippen LogP contribution is -2.43. The molecule has 0 radical (unpaired) electrons. The van der Waals surface area contributed by atoms with Gasteiger partial charge in [0.05, 0.1) is 0 Å². The molecule has 2 heteroatoms. The highest BCUT2D eigenvalue weighted by Gasteiger charge is 2.27. The van der Waals surface area contributed by atoms with Gasteiger partial charge in [0.1, 0.15) is 0 Å². The van der Waals surface area contributed by atoms with Crippen LogP contribution in [0, 0.1) is 32.6 Å². The van der Waals surface area contributed by atoms with Crippen LogP contribution in [0.4, 0.5) is 0 Å². The molecule has 0 N–H and O–H groups in total. The van der Waals surface area contributed by atoms with Crippen LogP contribution < -0.4 is 0 Å². The first-order valence-electron chi connectivity index (χ1n) is 7.25. The van der Waals surface area contributed by atoms with Gasteiger partial charge in [0, 0.05) is 18.7 Å². The van der Waals surface area contributed by atoms with Gasteiger partial charge in [-0.15, -0.1) is 0 Å². The van der Waals surface area contributed by atoms with E-state index in [1.807, 2.05) is 18.7 Å². The molecule has 1 aliphatic rings. The number of amides is 1. The van der Waals surface area contributed by atoms with E-state index >= 15 is 0 Å². The number of rotatable bonds is 1. The van der Waals surface area contributed by atoms with Gasteiger partial charge >= 0.3 is 0 Å². The number of nitrogens with zero attached hydrogens (tertiary/aromatic N) is 1. The second-order valence-corrected chi connectivity index (χ2v) is 6.43. The van der Waals surface area contributed by atoms with Gasteiger partial charge < -0.3 is 4.90 Å². The Morgan fingerprint density at radius 2 is 1.53 bits per heavy atom. The lowest BCUT2D eigenvalue weighted by molar-refractivity contribution is 0.0621. The van der Waals surface area contributed by atoms with Crippen molar-refractivity contribution in [2.75, 3.05) is 13.1 Å². The lowest BCUT2D eigenvalue weighted by Gasteiger charge is -2.35. The van der Waals surface area contributed by atoms with Gasteiger partial charge in [-0.25, -0.2) is 0 Å². The Labute approximate surface area is 116 Å². The van der Waals surface area contributed by atoms with Crippen molar-refractivity contribution in [3.05, 3.63) is 34.4 Å². The van der Waals surface area contributed by atoms with E-state index in [0.717, 1.165) is 29.8 Å². The fourth-order valence-electron chi connectivity index (χ4n) is 3.50. The Balaban J connectivity index is 2.29. The highest BCUT2D eigenvalue weighted by molar-refractivity contribution is 5.97. The molecule has 2 unspecified atom stereocenters. The molecule has 1 amide bonds. The summed E-state index contributed by atoms with van der Waals surface area (Å²) in [5.41, 5.74) is 4.35. The maximum absolute atomic E-state index is 12.8. The molecule has 2 rings (SSSR count). The van der Waals surface area contributed by atoms with E-state index in [-0.39, 0.29) is 5.91 Å². The van der Waals surface area contributed by atoms with Crippen LogP contribution in [0.5, 0.6) is 0 Å². The number of benzene rings is 1. The van der Waals surface area contributed by atoms with Crippen LogP contribution in [0.2, 0.25) is 0 Å². The van der Waals surface area contributed by atoms with E-state index in [0.29, 0.717) is 11.8 Å². The van der Waals surface area contributed by atoms with E-state index < -0.39 is 0 Å². The predicted octanol–water partition coefficient (Wildman–Crippen LogP) is 3.73. The van der Waals surface area contributed by atoms with E-state index in [9.17, 15) is 4.79 Å². The summed E-state index contributed by atoms with van der Waals surface area (Å²) in [4.78, 5) is 14.8. The predicted molar refractivity (Wildman–Crippen MR) is 79.5 cm³/mol. The fourth-order valence-corrected chi connectivity index (χ4v) is 3.50. The number of hydrogen-bond donors (Lipinski definition) is 0. The van der Waals surface area contributed by atoms with Gasteiger partial charge in [0.25, 0.3) is 5.91 Å². The summed E-state index contributed by atoms with van der Waals surface area (Å²) in [7, 11) is 0. The zero-order valence-corrected chi connectivity index (χ0v) is 12.8. The normalized spacial score (nSPS) is 23.5. The molecular weight excluding hydrogens is 234 g/mol. The van der Waals surface area contributed by atoms with Crippen molar-refractivity contribution in [3.63, 3.8) is 0 Å². The number of hydrogen-bond acceptors (Lipinski definition) is 1. The molecule has 2 nitrogen and oxygen atoms in total. The average Bonchev–Trinajstić information content (AvgIpc) is 2.25. The van der Waals surface area contributed by atoms with Crippen molar-refractivity contribution in [2.24, 2.45) is 11.8 Å². The molecule has 0 aromatic heterocycles. The number of aryl methyl sites for hydroxylation is 3. The molecule has 1 aromatic carbocycles. The quantitative estimate of drug-likeness (QED) is 0.752. The van der Waals surface area contributed by atoms with Crippen molar-refractivity contribution in [3.8, 4) is 0 Å². The fraction of sp³-hybridized carbons (Fsp3) is 0.588. The first-order valence-corrected chi connectivity index (χ1v) is 7.25. The largest absolute Gasteiger partial charge is 0.338 e. The second-order valence-electron chi connectivity index (χ2n) is 6.43. The maximum Gasteiger partial charge on any atom is 0.254 e. The molecule has 1 aromatic rings. The molecule has 1 heterocycles. The standard InChI is InChI=1S/C17H25NO/c1-11-7-14(4)16(15(5)8-11)17(19)18-9-12(2)6-13(3)10-18/h7-8,12-13H,6,9-10H2,1-5H3.